The SMILES string of the molecule is CN1CCN(CC2(O)CCC(C(C)(C)C)CC2)C[C@H](C(=O)N(C)C)C1. The highest BCUT2D eigenvalue weighted by atomic mass is 16.3. The van der Waals surface area contributed by atoms with Gasteiger partial charge in [-0.05, 0) is 44.1 Å². The lowest BCUT2D eigenvalue weighted by atomic mass is 9.68. The van der Waals surface area contributed by atoms with Gasteiger partial charge in [0.25, 0.3) is 0 Å². The maximum atomic E-state index is 12.5. The minimum atomic E-state index is -0.587. The van der Waals surface area contributed by atoms with E-state index in [0.717, 1.165) is 51.9 Å². The predicted octanol–water partition coefficient (Wildman–Crippen LogP) is 1.91. The zero-order valence-corrected chi connectivity index (χ0v) is 17.2. The van der Waals surface area contributed by atoms with Gasteiger partial charge in [0.1, 0.15) is 0 Å². The summed E-state index contributed by atoms with van der Waals surface area (Å²) in [7, 11) is 5.75. The van der Waals surface area contributed by atoms with Gasteiger partial charge in [-0.15, -0.1) is 0 Å². The summed E-state index contributed by atoms with van der Waals surface area (Å²) in [5, 5.41) is 11.1. The Morgan fingerprint density at radius 1 is 1.16 bits per heavy atom. The standard InChI is InChI=1S/C20H39N3O2/c1-19(2,3)17-7-9-20(25,10-8-17)15-23-12-11-22(6)13-16(14-23)18(24)21(4)5/h16-17,25H,7-15H2,1-6H3/t16-,17?,20?/m1/s1. The first-order valence-electron chi connectivity index (χ1n) is 9.85. The zero-order chi connectivity index (χ0) is 18.8. The molecule has 1 aliphatic carbocycles. The number of nitrogens with zero attached hydrogens (tertiary/aromatic N) is 3. The highest BCUT2D eigenvalue weighted by Crippen LogP contribution is 2.41. The van der Waals surface area contributed by atoms with Crippen LogP contribution in [-0.4, -0.2) is 85.2 Å². The van der Waals surface area contributed by atoms with Crippen LogP contribution in [0.3, 0.4) is 0 Å². The number of hydrogen-bond donors (Lipinski definition) is 1. The predicted molar refractivity (Wildman–Crippen MR) is 102 cm³/mol. The van der Waals surface area contributed by atoms with Crippen LogP contribution < -0.4 is 0 Å². The van der Waals surface area contributed by atoms with Gasteiger partial charge >= 0.3 is 0 Å². The molecule has 1 saturated carbocycles. The lowest BCUT2D eigenvalue weighted by Gasteiger charge is -2.43. The Bertz CT molecular complexity index is 450. The van der Waals surface area contributed by atoms with Crippen LogP contribution in [0.15, 0.2) is 0 Å². The lowest BCUT2D eigenvalue weighted by Crippen LogP contribution is -2.49. The van der Waals surface area contributed by atoms with Gasteiger partial charge in [0.05, 0.1) is 11.5 Å². The molecule has 0 aromatic carbocycles. The second-order valence-corrected chi connectivity index (χ2v) is 9.79. The largest absolute Gasteiger partial charge is 0.389 e. The Labute approximate surface area is 154 Å². The van der Waals surface area contributed by atoms with Gasteiger partial charge in [0.2, 0.25) is 5.91 Å². The summed E-state index contributed by atoms with van der Waals surface area (Å²) in [6.07, 6.45) is 3.97. The molecule has 0 radical (unpaired) electrons. The minimum absolute atomic E-state index is 0.00276. The van der Waals surface area contributed by atoms with Crippen LogP contribution in [0.25, 0.3) is 0 Å². The molecule has 0 unspecified atom stereocenters. The second kappa shape index (κ2) is 7.93. The normalized spacial score (nSPS) is 33.1. The number of likely N-dealkylation sites (N-methyl/N-ethyl adjacent to an activating group) is 1. The number of carbonyl (C=O) groups excluding carboxylic acids is 1. The van der Waals surface area contributed by atoms with Crippen LogP contribution in [0.4, 0.5) is 0 Å². The molecule has 0 aromatic heterocycles. The highest BCUT2D eigenvalue weighted by Gasteiger charge is 2.39. The van der Waals surface area contributed by atoms with E-state index in [2.05, 4.69) is 37.6 Å². The Balaban J connectivity index is 1.97. The first kappa shape index (κ1) is 20.7. The summed E-state index contributed by atoms with van der Waals surface area (Å²) in [5.74, 6) is 0.894. The van der Waals surface area contributed by atoms with Crippen LogP contribution in [-0.2, 0) is 4.79 Å². The molecular formula is C20H39N3O2. The fourth-order valence-corrected chi connectivity index (χ4v) is 4.50. The number of hydrogen-bond acceptors (Lipinski definition) is 4. The van der Waals surface area contributed by atoms with Crippen molar-refractivity contribution in [1.82, 2.24) is 14.7 Å². The Morgan fingerprint density at radius 2 is 1.76 bits per heavy atom. The molecule has 1 saturated heterocycles. The lowest BCUT2D eigenvalue weighted by molar-refractivity contribution is -0.134. The molecule has 1 N–H and O–H groups in total. The van der Waals surface area contributed by atoms with Crippen molar-refractivity contribution >= 4 is 5.91 Å². The fourth-order valence-electron chi connectivity index (χ4n) is 4.50. The van der Waals surface area contributed by atoms with Gasteiger partial charge in [-0.1, -0.05) is 20.8 Å². The molecule has 1 aliphatic heterocycles. The maximum Gasteiger partial charge on any atom is 0.227 e. The molecule has 1 atom stereocenters. The average Bonchev–Trinajstić information content (AvgIpc) is 2.67. The van der Waals surface area contributed by atoms with Gasteiger partial charge in [0, 0.05) is 46.8 Å². The number of rotatable bonds is 3. The van der Waals surface area contributed by atoms with Crippen molar-refractivity contribution in [2.45, 2.75) is 52.1 Å². The van der Waals surface area contributed by atoms with Gasteiger partial charge in [-0.25, -0.2) is 0 Å². The summed E-state index contributed by atoms with van der Waals surface area (Å²) in [6, 6.07) is 0. The molecule has 1 amide bonds. The van der Waals surface area contributed by atoms with Gasteiger partial charge < -0.3 is 14.9 Å². The minimum Gasteiger partial charge on any atom is -0.389 e. The highest BCUT2D eigenvalue weighted by molar-refractivity contribution is 5.78. The van der Waals surface area contributed by atoms with E-state index in [0.29, 0.717) is 17.9 Å². The smallest absolute Gasteiger partial charge is 0.227 e. The first-order valence-corrected chi connectivity index (χ1v) is 9.85. The van der Waals surface area contributed by atoms with E-state index in [1.54, 1.807) is 4.90 Å². The Hall–Kier alpha value is -0.650. The van der Waals surface area contributed by atoms with Crippen molar-refractivity contribution in [1.29, 1.82) is 0 Å². The number of amides is 1. The third-order valence-electron chi connectivity index (χ3n) is 6.26. The first-order chi connectivity index (χ1) is 11.5. The summed E-state index contributed by atoms with van der Waals surface area (Å²) in [5.41, 5.74) is -0.258. The maximum absolute atomic E-state index is 12.5. The van der Waals surface area contributed by atoms with Gasteiger partial charge in [-0.2, -0.15) is 0 Å². The van der Waals surface area contributed by atoms with E-state index >= 15 is 0 Å². The van der Waals surface area contributed by atoms with E-state index in [1.807, 2.05) is 14.1 Å². The van der Waals surface area contributed by atoms with Gasteiger partial charge in [0.15, 0.2) is 0 Å². The molecule has 2 aliphatic rings. The number of aliphatic hydroxyl groups is 1. The number of carbonyl (C=O) groups is 1. The van der Waals surface area contributed by atoms with Gasteiger partial charge in [-0.3, -0.25) is 9.69 Å². The van der Waals surface area contributed by atoms with Crippen LogP contribution >= 0.6 is 0 Å². The molecule has 0 spiro atoms. The third kappa shape index (κ3) is 5.66. The van der Waals surface area contributed by atoms with Crippen molar-refractivity contribution in [3.05, 3.63) is 0 Å². The molecule has 2 fully saturated rings. The summed E-state index contributed by atoms with van der Waals surface area (Å²) in [6.45, 7) is 11.1. The Morgan fingerprint density at radius 3 is 2.28 bits per heavy atom. The van der Waals surface area contributed by atoms with Crippen molar-refractivity contribution in [2.75, 3.05) is 53.9 Å². The van der Waals surface area contributed by atoms with Crippen molar-refractivity contribution in [3.8, 4) is 0 Å². The molecule has 146 valence electrons. The molecule has 5 heteroatoms. The average molecular weight is 354 g/mol. The van der Waals surface area contributed by atoms with Crippen LogP contribution in [0.2, 0.25) is 0 Å². The molecule has 25 heavy (non-hydrogen) atoms. The van der Waals surface area contributed by atoms with E-state index in [9.17, 15) is 9.90 Å². The molecule has 5 nitrogen and oxygen atoms in total. The summed E-state index contributed by atoms with van der Waals surface area (Å²) >= 11 is 0. The Kier molecular flexibility index (Phi) is 6.55. The summed E-state index contributed by atoms with van der Waals surface area (Å²) in [4.78, 5) is 18.7. The molecule has 0 bridgehead atoms. The monoisotopic (exact) mass is 353 g/mol. The zero-order valence-electron chi connectivity index (χ0n) is 17.2. The molecule has 2 rings (SSSR count). The van der Waals surface area contributed by atoms with E-state index < -0.39 is 5.60 Å². The van der Waals surface area contributed by atoms with E-state index in [-0.39, 0.29) is 11.8 Å². The van der Waals surface area contributed by atoms with E-state index in [4.69, 9.17) is 0 Å². The van der Waals surface area contributed by atoms with Crippen LogP contribution in [0.1, 0.15) is 46.5 Å². The molecule has 0 aromatic rings. The van der Waals surface area contributed by atoms with Crippen molar-refractivity contribution in [3.63, 3.8) is 0 Å². The van der Waals surface area contributed by atoms with Crippen molar-refractivity contribution in [2.24, 2.45) is 17.3 Å². The fraction of sp³-hybridized carbons (Fsp3) is 0.950. The van der Waals surface area contributed by atoms with Crippen molar-refractivity contribution < 1.29 is 9.90 Å². The quantitative estimate of drug-likeness (QED) is 0.842. The van der Waals surface area contributed by atoms with Crippen LogP contribution in [0, 0.1) is 17.3 Å². The number of β-amino-alcohol motifs (C(OH)–C–C–N with tert-alkyl or cyclic N) is 1. The molecule has 1 heterocycles. The second-order valence-electron chi connectivity index (χ2n) is 9.79. The third-order valence-corrected chi connectivity index (χ3v) is 6.26. The van der Waals surface area contributed by atoms with Crippen LogP contribution in [0.5, 0.6) is 0 Å². The summed E-state index contributed by atoms with van der Waals surface area (Å²) < 4.78 is 0. The molecular weight excluding hydrogens is 314 g/mol. The topological polar surface area (TPSA) is 47.0 Å². The van der Waals surface area contributed by atoms with E-state index in [1.165, 1.54) is 0 Å².